The maximum Gasteiger partial charge on any atom is 0.308 e. The number of hydrogen-bond donors (Lipinski definition) is 0. The molecule has 104 valence electrons. The van der Waals surface area contributed by atoms with E-state index in [9.17, 15) is 4.79 Å². The topological polar surface area (TPSA) is 26.3 Å². The van der Waals surface area contributed by atoms with Gasteiger partial charge < -0.3 is 4.74 Å². The van der Waals surface area contributed by atoms with Crippen molar-refractivity contribution in [3.05, 3.63) is 11.1 Å². The molecule has 0 aromatic carbocycles. The van der Waals surface area contributed by atoms with Crippen LogP contribution in [0.15, 0.2) is 11.1 Å². The number of rotatable bonds is 7. The van der Waals surface area contributed by atoms with Crippen LogP contribution in [0.1, 0.15) is 71.6 Å². The van der Waals surface area contributed by atoms with Gasteiger partial charge in [0.2, 0.25) is 0 Å². The fraction of sp³-hybridized carbons (Fsp3) is 0.812. The number of carbonyl (C=O) groups excluding carboxylic acids is 1. The van der Waals surface area contributed by atoms with E-state index < -0.39 is 0 Å². The molecule has 0 radical (unpaired) electrons. The molecule has 0 heterocycles. The molecule has 0 amide bonds. The van der Waals surface area contributed by atoms with Crippen LogP contribution in [0, 0.1) is 5.92 Å². The average molecular weight is 252 g/mol. The number of hydrogen-bond acceptors (Lipinski definition) is 2. The molecular formula is C16H28O2. The number of ether oxygens (including phenoxy) is 1. The predicted molar refractivity (Wildman–Crippen MR) is 75.4 cm³/mol. The van der Waals surface area contributed by atoms with Crippen molar-refractivity contribution in [2.75, 3.05) is 7.11 Å². The molecule has 0 fully saturated rings. The van der Waals surface area contributed by atoms with Gasteiger partial charge in [-0.1, -0.05) is 37.8 Å². The summed E-state index contributed by atoms with van der Waals surface area (Å²) in [5, 5.41) is 0. The summed E-state index contributed by atoms with van der Waals surface area (Å²) in [6.45, 7) is 4.47. The van der Waals surface area contributed by atoms with Crippen molar-refractivity contribution < 1.29 is 9.53 Å². The Morgan fingerprint density at radius 3 is 2.33 bits per heavy atom. The van der Waals surface area contributed by atoms with E-state index in [0.717, 1.165) is 19.3 Å². The molecule has 2 nitrogen and oxygen atoms in total. The van der Waals surface area contributed by atoms with Crippen LogP contribution < -0.4 is 0 Å². The van der Waals surface area contributed by atoms with Crippen LogP contribution in [-0.4, -0.2) is 13.1 Å². The number of carbonyl (C=O) groups is 1. The first kappa shape index (κ1) is 15.3. The van der Waals surface area contributed by atoms with Crippen LogP contribution in [0.25, 0.3) is 0 Å². The lowest BCUT2D eigenvalue weighted by atomic mass is 9.80. The van der Waals surface area contributed by atoms with Gasteiger partial charge in [-0.05, 0) is 44.9 Å². The lowest BCUT2D eigenvalue weighted by molar-refractivity contribution is -0.145. The van der Waals surface area contributed by atoms with Crippen molar-refractivity contribution >= 4 is 5.97 Å². The van der Waals surface area contributed by atoms with E-state index in [2.05, 4.69) is 13.8 Å². The Labute approximate surface area is 112 Å². The predicted octanol–water partition coefficient (Wildman–Crippen LogP) is 4.64. The van der Waals surface area contributed by atoms with Crippen LogP contribution >= 0.6 is 0 Å². The average Bonchev–Trinajstić information content (AvgIpc) is 2.42. The fourth-order valence-electron chi connectivity index (χ4n) is 2.80. The highest BCUT2D eigenvalue weighted by Gasteiger charge is 2.26. The van der Waals surface area contributed by atoms with E-state index >= 15 is 0 Å². The first-order valence-corrected chi connectivity index (χ1v) is 7.50. The van der Waals surface area contributed by atoms with Gasteiger partial charge in [-0.3, -0.25) is 4.79 Å². The second kappa shape index (κ2) is 8.34. The zero-order valence-corrected chi connectivity index (χ0v) is 12.3. The van der Waals surface area contributed by atoms with Crippen LogP contribution in [0.3, 0.4) is 0 Å². The smallest absolute Gasteiger partial charge is 0.308 e. The molecule has 0 bridgehead atoms. The largest absolute Gasteiger partial charge is 0.469 e. The zero-order chi connectivity index (χ0) is 13.4. The van der Waals surface area contributed by atoms with Crippen LogP contribution in [-0.2, 0) is 9.53 Å². The summed E-state index contributed by atoms with van der Waals surface area (Å²) in [7, 11) is 1.50. The summed E-state index contributed by atoms with van der Waals surface area (Å²) in [4.78, 5) is 11.7. The number of allylic oxidation sites excluding steroid dienone is 2. The van der Waals surface area contributed by atoms with Gasteiger partial charge in [0.15, 0.2) is 0 Å². The van der Waals surface area contributed by atoms with Crippen molar-refractivity contribution in [3.8, 4) is 0 Å². The van der Waals surface area contributed by atoms with E-state index in [1.54, 1.807) is 11.1 Å². The Bertz CT molecular complexity index is 291. The van der Waals surface area contributed by atoms with E-state index in [1.165, 1.54) is 45.6 Å². The first-order chi connectivity index (χ1) is 8.72. The molecule has 2 heteroatoms. The summed E-state index contributed by atoms with van der Waals surface area (Å²) in [5.41, 5.74) is 3.21. The van der Waals surface area contributed by atoms with E-state index in [4.69, 9.17) is 4.74 Å². The molecular weight excluding hydrogens is 224 g/mol. The van der Waals surface area contributed by atoms with Crippen molar-refractivity contribution in [3.63, 3.8) is 0 Å². The summed E-state index contributed by atoms with van der Waals surface area (Å²) in [5.74, 6) is 0.103. The van der Waals surface area contributed by atoms with Crippen molar-refractivity contribution in [1.29, 1.82) is 0 Å². The second-order valence-electron chi connectivity index (χ2n) is 5.38. The standard InChI is InChI=1S/C16H28O2/c1-4-6-8-13-10-11-15(16(17)18-3)12-14(13)9-7-5-2/h15H,4-12H2,1-3H3. The highest BCUT2D eigenvalue weighted by Crippen LogP contribution is 2.35. The van der Waals surface area contributed by atoms with Crippen molar-refractivity contribution in [1.82, 2.24) is 0 Å². The number of methoxy groups -OCH3 is 1. The van der Waals surface area contributed by atoms with Crippen LogP contribution in [0.4, 0.5) is 0 Å². The second-order valence-corrected chi connectivity index (χ2v) is 5.38. The lowest BCUT2D eigenvalue weighted by Crippen LogP contribution is -2.21. The Kier molecular flexibility index (Phi) is 7.07. The molecule has 0 saturated carbocycles. The zero-order valence-electron chi connectivity index (χ0n) is 12.3. The van der Waals surface area contributed by atoms with Gasteiger partial charge in [-0.2, -0.15) is 0 Å². The molecule has 0 aromatic heterocycles. The van der Waals surface area contributed by atoms with Gasteiger partial charge in [-0.15, -0.1) is 0 Å². The maximum absolute atomic E-state index is 11.7. The van der Waals surface area contributed by atoms with Gasteiger partial charge in [-0.25, -0.2) is 0 Å². The third kappa shape index (κ3) is 4.47. The molecule has 0 aromatic rings. The van der Waals surface area contributed by atoms with E-state index in [1.807, 2.05) is 0 Å². The third-order valence-electron chi connectivity index (χ3n) is 3.99. The molecule has 0 N–H and O–H groups in total. The molecule has 1 aliphatic rings. The summed E-state index contributed by atoms with van der Waals surface area (Å²) < 4.78 is 4.90. The quantitative estimate of drug-likeness (QED) is 0.487. The molecule has 0 spiro atoms. The minimum absolute atomic E-state index is 0.0152. The normalized spacial score (nSPS) is 20.1. The Hall–Kier alpha value is -0.790. The number of esters is 1. The third-order valence-corrected chi connectivity index (χ3v) is 3.99. The molecule has 1 rings (SSSR count). The highest BCUT2D eigenvalue weighted by atomic mass is 16.5. The minimum Gasteiger partial charge on any atom is -0.469 e. The SMILES string of the molecule is CCCCC1=C(CCCC)CC(C(=O)OC)CC1. The van der Waals surface area contributed by atoms with Gasteiger partial charge in [0.05, 0.1) is 13.0 Å². The Balaban J connectivity index is 2.67. The Morgan fingerprint density at radius 1 is 1.17 bits per heavy atom. The summed E-state index contributed by atoms with van der Waals surface area (Å²) in [6, 6.07) is 0. The molecule has 0 aliphatic heterocycles. The van der Waals surface area contributed by atoms with Gasteiger partial charge >= 0.3 is 5.97 Å². The molecule has 1 unspecified atom stereocenters. The fourth-order valence-corrected chi connectivity index (χ4v) is 2.80. The minimum atomic E-state index is -0.0152. The molecule has 1 atom stereocenters. The van der Waals surface area contributed by atoms with Crippen molar-refractivity contribution in [2.24, 2.45) is 5.92 Å². The summed E-state index contributed by atoms with van der Waals surface area (Å²) in [6.07, 6.45) is 10.5. The van der Waals surface area contributed by atoms with Crippen molar-refractivity contribution in [2.45, 2.75) is 71.6 Å². The lowest BCUT2D eigenvalue weighted by Gasteiger charge is -2.26. The molecule has 0 saturated heterocycles. The van der Waals surface area contributed by atoms with E-state index in [0.29, 0.717) is 0 Å². The number of unbranched alkanes of at least 4 members (excludes halogenated alkanes) is 2. The monoisotopic (exact) mass is 252 g/mol. The van der Waals surface area contributed by atoms with Gasteiger partial charge in [0.25, 0.3) is 0 Å². The highest BCUT2D eigenvalue weighted by molar-refractivity contribution is 5.73. The Morgan fingerprint density at radius 2 is 1.78 bits per heavy atom. The van der Waals surface area contributed by atoms with Crippen LogP contribution in [0.2, 0.25) is 0 Å². The summed E-state index contributed by atoms with van der Waals surface area (Å²) >= 11 is 0. The maximum atomic E-state index is 11.7. The molecule has 18 heavy (non-hydrogen) atoms. The van der Waals surface area contributed by atoms with E-state index in [-0.39, 0.29) is 11.9 Å². The van der Waals surface area contributed by atoms with Crippen LogP contribution in [0.5, 0.6) is 0 Å². The van der Waals surface area contributed by atoms with Gasteiger partial charge in [0, 0.05) is 0 Å². The first-order valence-electron chi connectivity index (χ1n) is 7.50. The molecule has 1 aliphatic carbocycles. The van der Waals surface area contributed by atoms with Gasteiger partial charge in [0.1, 0.15) is 0 Å².